The number of benzene rings is 2. The Morgan fingerprint density at radius 1 is 1.10 bits per heavy atom. The molecule has 0 radical (unpaired) electrons. The third kappa shape index (κ3) is 5.20. The van der Waals surface area contributed by atoms with Crippen LogP contribution in [0.3, 0.4) is 0 Å². The fourth-order valence-corrected chi connectivity index (χ4v) is 7.64. The van der Waals surface area contributed by atoms with Gasteiger partial charge in [-0.15, -0.1) is 0 Å². The molecule has 0 N–H and O–H groups in total. The van der Waals surface area contributed by atoms with Crippen molar-refractivity contribution in [3.63, 3.8) is 0 Å². The summed E-state index contributed by atoms with van der Waals surface area (Å²) in [5, 5.41) is 0.257. The third-order valence-electron chi connectivity index (χ3n) is 7.68. The van der Waals surface area contributed by atoms with Crippen LogP contribution in [0.1, 0.15) is 44.7 Å². The van der Waals surface area contributed by atoms with Crippen LogP contribution in [0, 0.1) is 5.82 Å². The molecule has 0 spiro atoms. The fourth-order valence-electron chi connectivity index (χ4n) is 5.64. The Hall–Kier alpha value is -3.48. The first-order chi connectivity index (χ1) is 19.4. The van der Waals surface area contributed by atoms with E-state index in [4.69, 9.17) is 21.3 Å². The zero-order chi connectivity index (χ0) is 29.6. The number of halogens is 2. The van der Waals surface area contributed by atoms with Crippen LogP contribution < -0.4 is 4.67 Å². The summed E-state index contributed by atoms with van der Waals surface area (Å²) >= 11 is 6.81. The molecule has 2 aromatic carbocycles. The number of nitrogens with zero attached hydrogens (tertiary/aromatic N) is 5. The van der Waals surface area contributed by atoms with Crippen LogP contribution in [-0.2, 0) is 9.36 Å². The highest BCUT2D eigenvalue weighted by atomic mass is 35.5. The predicted octanol–water partition coefficient (Wildman–Crippen LogP) is 7.49. The highest BCUT2D eigenvalue weighted by Gasteiger charge is 2.42. The van der Waals surface area contributed by atoms with Gasteiger partial charge in [0.1, 0.15) is 11.7 Å². The summed E-state index contributed by atoms with van der Waals surface area (Å²) in [4.78, 5) is 21.3. The number of carbonyl (C=O) groups excluding carboxylic acids is 1. The minimum absolute atomic E-state index is 0.133. The number of carbonyl (C=O) groups is 1. The summed E-state index contributed by atoms with van der Waals surface area (Å²) in [6, 6.07) is 15.6. The standard InChI is InChI=1S/C31H34ClFN5O2P/c1-7-28(39)36-17-21(5)37(18-20(36)4)31-24-16-25(32)29(23-13-8-10-14-26(23)33)34-30(24)38(41(6,40)35-31)27-15-11-9-12-22(27)19(2)3/h7-16,19-21H,1,17-18H2,2-6H3/t20-,21+,41-/m1/s1. The lowest BCUT2D eigenvalue weighted by atomic mass is 10.0. The molecule has 2 aliphatic rings. The number of amidine groups is 1. The lowest BCUT2D eigenvalue weighted by molar-refractivity contribution is -0.130. The molecule has 41 heavy (non-hydrogen) atoms. The van der Waals surface area contributed by atoms with Gasteiger partial charge in [0.05, 0.1) is 22.0 Å². The SMILES string of the molecule is C=CC(=O)N1C[C@H](C)N(C2=N[P@@](C)(=O)N(c3ccccc3C(C)C)c3nc(-c4ccccc4F)c(Cl)cc32)C[C@H]1C. The smallest absolute Gasteiger partial charge is 0.285 e. The van der Waals surface area contributed by atoms with Gasteiger partial charge < -0.3 is 9.80 Å². The van der Waals surface area contributed by atoms with Crippen molar-refractivity contribution in [2.45, 2.75) is 45.7 Å². The maximum atomic E-state index is 15.0. The summed E-state index contributed by atoms with van der Waals surface area (Å²) in [5.41, 5.74) is 2.84. The Morgan fingerprint density at radius 2 is 1.78 bits per heavy atom. The predicted molar refractivity (Wildman–Crippen MR) is 165 cm³/mol. The van der Waals surface area contributed by atoms with Crippen LogP contribution >= 0.6 is 19.0 Å². The third-order valence-corrected chi connectivity index (χ3v) is 9.68. The number of amides is 1. The Bertz CT molecular complexity index is 1610. The molecule has 5 rings (SSSR count). The van der Waals surface area contributed by atoms with E-state index in [0.717, 1.165) is 11.3 Å². The largest absolute Gasteiger partial charge is 0.349 e. The lowest BCUT2D eigenvalue weighted by Gasteiger charge is -2.47. The van der Waals surface area contributed by atoms with Crippen molar-refractivity contribution < 1.29 is 13.8 Å². The Kier molecular flexibility index (Phi) is 7.84. The van der Waals surface area contributed by atoms with Gasteiger partial charge in [0, 0.05) is 37.4 Å². The van der Waals surface area contributed by atoms with Gasteiger partial charge in [-0.3, -0.25) is 14.0 Å². The molecule has 0 bridgehead atoms. The van der Waals surface area contributed by atoms with Crippen LogP contribution in [0.5, 0.6) is 0 Å². The highest BCUT2D eigenvalue weighted by molar-refractivity contribution is 7.64. The molecule has 3 atom stereocenters. The van der Waals surface area contributed by atoms with Gasteiger partial charge in [-0.1, -0.05) is 62.4 Å². The van der Waals surface area contributed by atoms with E-state index >= 15 is 0 Å². The van der Waals surface area contributed by atoms with Crippen LogP contribution in [0.4, 0.5) is 15.9 Å². The molecule has 7 nitrogen and oxygen atoms in total. The average molecular weight is 594 g/mol. The first-order valence-electron chi connectivity index (χ1n) is 13.7. The van der Waals surface area contributed by atoms with Gasteiger partial charge >= 0.3 is 0 Å². The summed E-state index contributed by atoms with van der Waals surface area (Å²) in [6.45, 7) is 14.3. The minimum Gasteiger partial charge on any atom is -0.349 e. The van der Waals surface area contributed by atoms with E-state index in [1.807, 2.05) is 38.1 Å². The number of rotatable bonds is 4. The highest BCUT2D eigenvalue weighted by Crippen LogP contribution is 2.60. The van der Waals surface area contributed by atoms with Crippen LogP contribution in [0.15, 0.2) is 72.0 Å². The normalized spacial score (nSPS) is 22.4. The Morgan fingerprint density at radius 3 is 2.46 bits per heavy atom. The number of pyridine rings is 1. The molecule has 0 unspecified atom stereocenters. The van der Waals surface area contributed by atoms with Crippen molar-refractivity contribution in [3.05, 3.63) is 89.2 Å². The Balaban J connectivity index is 1.74. The van der Waals surface area contributed by atoms with Crippen molar-refractivity contribution in [2.24, 2.45) is 4.76 Å². The Labute approximate surface area is 245 Å². The second-order valence-electron chi connectivity index (χ2n) is 11.0. The van der Waals surface area contributed by atoms with Crippen molar-refractivity contribution in [1.29, 1.82) is 0 Å². The summed E-state index contributed by atoms with van der Waals surface area (Å²) < 4.78 is 36.2. The molecule has 0 aliphatic carbocycles. The maximum absolute atomic E-state index is 15.0. The molecule has 214 valence electrons. The zero-order valence-electron chi connectivity index (χ0n) is 23.9. The molecule has 0 saturated carbocycles. The fraction of sp³-hybridized carbons (Fsp3) is 0.323. The minimum atomic E-state index is -3.48. The van der Waals surface area contributed by atoms with Crippen molar-refractivity contribution in [3.8, 4) is 11.3 Å². The quantitative estimate of drug-likeness (QED) is 0.231. The van der Waals surface area contributed by atoms with Gasteiger partial charge in [-0.2, -0.15) is 4.76 Å². The topological polar surface area (TPSA) is 69.1 Å². The number of piperazine rings is 1. The van der Waals surface area contributed by atoms with E-state index < -0.39 is 13.3 Å². The number of anilines is 2. The average Bonchev–Trinajstić information content (AvgIpc) is 2.93. The molecule has 1 amide bonds. The number of aromatic nitrogens is 1. The summed E-state index contributed by atoms with van der Waals surface area (Å²) in [5.74, 6) is 0.456. The lowest BCUT2D eigenvalue weighted by Crippen LogP contribution is -2.59. The number of hydrogen-bond donors (Lipinski definition) is 0. The van der Waals surface area contributed by atoms with Gasteiger partial charge in [0.2, 0.25) is 5.91 Å². The van der Waals surface area contributed by atoms with E-state index in [9.17, 15) is 13.8 Å². The van der Waals surface area contributed by atoms with E-state index in [2.05, 4.69) is 25.3 Å². The first-order valence-corrected chi connectivity index (χ1v) is 16.1. The molecular weight excluding hydrogens is 560 g/mol. The van der Waals surface area contributed by atoms with Crippen molar-refractivity contribution >= 4 is 42.3 Å². The van der Waals surface area contributed by atoms with E-state index in [1.54, 1.807) is 40.5 Å². The number of fused-ring (bicyclic) bond motifs is 1. The second-order valence-corrected chi connectivity index (χ2v) is 13.7. The number of para-hydroxylation sites is 1. The first kappa shape index (κ1) is 29.0. The monoisotopic (exact) mass is 593 g/mol. The molecular formula is C31H34ClFN5O2P. The van der Waals surface area contributed by atoms with E-state index in [0.29, 0.717) is 30.3 Å². The maximum Gasteiger partial charge on any atom is 0.285 e. The van der Waals surface area contributed by atoms with Gasteiger partial charge in [-0.25, -0.2) is 9.37 Å². The zero-order valence-corrected chi connectivity index (χ0v) is 25.5. The van der Waals surface area contributed by atoms with Gasteiger partial charge in [0.15, 0.2) is 5.82 Å². The van der Waals surface area contributed by atoms with Crippen molar-refractivity contribution in [1.82, 2.24) is 14.8 Å². The van der Waals surface area contributed by atoms with Gasteiger partial charge in [0.25, 0.3) is 7.44 Å². The molecule has 3 heterocycles. The van der Waals surface area contributed by atoms with E-state index in [-0.39, 0.29) is 40.2 Å². The van der Waals surface area contributed by atoms with Crippen LogP contribution in [0.25, 0.3) is 11.3 Å². The molecule has 1 saturated heterocycles. The van der Waals surface area contributed by atoms with E-state index in [1.165, 1.54) is 12.1 Å². The van der Waals surface area contributed by atoms with Gasteiger partial charge in [-0.05, 0) is 55.7 Å². The molecule has 2 aliphatic heterocycles. The summed E-state index contributed by atoms with van der Waals surface area (Å²) in [7, 11) is -3.48. The molecule has 10 heteroatoms. The molecule has 1 aromatic heterocycles. The van der Waals surface area contributed by atoms with Crippen LogP contribution in [-0.4, -0.2) is 58.4 Å². The van der Waals surface area contributed by atoms with Crippen molar-refractivity contribution in [2.75, 3.05) is 24.4 Å². The molecule has 3 aromatic rings. The second kappa shape index (κ2) is 11.1. The number of hydrogen-bond acceptors (Lipinski definition) is 4. The molecule has 1 fully saturated rings. The summed E-state index contributed by atoms with van der Waals surface area (Å²) in [6.07, 6.45) is 1.32. The van der Waals surface area contributed by atoms with Crippen LogP contribution in [0.2, 0.25) is 5.02 Å².